The van der Waals surface area contributed by atoms with E-state index in [2.05, 4.69) is 23.9 Å². The summed E-state index contributed by atoms with van der Waals surface area (Å²) in [6.07, 6.45) is -1.85. The maximum absolute atomic E-state index is 13.8. The predicted molar refractivity (Wildman–Crippen MR) is 163 cm³/mol. The summed E-state index contributed by atoms with van der Waals surface area (Å²) in [4.78, 5) is 11.8. The smallest absolute Gasteiger partial charge is 0.313 e. The zero-order valence-corrected chi connectivity index (χ0v) is 27.7. The number of aliphatic hydroxyl groups is 3. The highest BCUT2D eigenvalue weighted by atomic mass is 31.0. The Labute approximate surface area is 273 Å². The van der Waals surface area contributed by atoms with Crippen molar-refractivity contribution >= 4 is 20.5 Å². The van der Waals surface area contributed by atoms with Gasteiger partial charge in [0, 0.05) is 13.0 Å². The van der Waals surface area contributed by atoms with Crippen LogP contribution >= 0.6 is 9.24 Å². The molecule has 0 radical (unpaired) electrons. The second-order valence-electron chi connectivity index (χ2n) is 10.7. The molecule has 1 aliphatic heterocycles. The van der Waals surface area contributed by atoms with Crippen molar-refractivity contribution in [1.29, 1.82) is 0 Å². The van der Waals surface area contributed by atoms with E-state index in [-0.39, 0.29) is 45.2 Å². The highest BCUT2D eigenvalue weighted by Gasteiger charge is 2.36. The van der Waals surface area contributed by atoms with Crippen molar-refractivity contribution in [2.75, 3.05) is 72.6 Å². The van der Waals surface area contributed by atoms with E-state index in [4.69, 9.17) is 28.4 Å². The van der Waals surface area contributed by atoms with Crippen LogP contribution in [0.3, 0.4) is 0 Å². The first-order valence-electron chi connectivity index (χ1n) is 15.3. The number of halogens is 4. The largest absolute Gasteiger partial charge is 0.422 e. The van der Waals surface area contributed by atoms with Gasteiger partial charge in [-0.05, 0) is 24.1 Å². The third-order valence-electron chi connectivity index (χ3n) is 6.83. The quantitative estimate of drug-likeness (QED) is 0.0248. The molecule has 5 atom stereocenters. The Hall–Kier alpha value is -1.98. The number of ether oxygens (including phenoxy) is 7. The number of carbonyl (C=O) groups is 1. The molecule has 270 valence electrons. The third kappa shape index (κ3) is 15.0. The molecule has 0 bridgehead atoms. The summed E-state index contributed by atoms with van der Waals surface area (Å²) in [5.74, 6) is -9.32. The molecular formula is C30H46F4NO11P. The summed E-state index contributed by atoms with van der Waals surface area (Å²) in [7, 11) is 1.66. The van der Waals surface area contributed by atoms with Crippen LogP contribution in [0.5, 0.6) is 5.75 Å². The van der Waals surface area contributed by atoms with Crippen molar-refractivity contribution in [2.24, 2.45) is 5.92 Å². The highest BCUT2D eigenvalue weighted by molar-refractivity contribution is 7.27. The molecule has 4 N–H and O–H groups in total. The topological polar surface area (TPSA) is 154 Å². The van der Waals surface area contributed by atoms with Gasteiger partial charge in [-0.2, -0.15) is 4.39 Å². The van der Waals surface area contributed by atoms with E-state index in [1.165, 1.54) is 0 Å². The average molecular weight is 704 g/mol. The Kier molecular flexibility index (Phi) is 19.8. The molecule has 1 fully saturated rings. The van der Waals surface area contributed by atoms with Gasteiger partial charge in [0.05, 0.1) is 83.9 Å². The first-order valence-corrected chi connectivity index (χ1v) is 15.8. The Morgan fingerprint density at radius 1 is 0.851 bits per heavy atom. The van der Waals surface area contributed by atoms with Crippen LogP contribution in [0.15, 0.2) is 11.8 Å². The Bertz CT molecular complexity index is 1090. The van der Waals surface area contributed by atoms with Gasteiger partial charge in [0.15, 0.2) is 23.7 Å². The molecular weight excluding hydrogens is 657 g/mol. The van der Waals surface area contributed by atoms with Crippen LogP contribution in [-0.2, 0) is 33.2 Å². The zero-order valence-electron chi connectivity index (χ0n) is 26.6. The second kappa shape index (κ2) is 22.6. The summed E-state index contributed by atoms with van der Waals surface area (Å²) in [5, 5.41) is 31.8. The van der Waals surface area contributed by atoms with Gasteiger partial charge < -0.3 is 53.8 Å². The molecule has 0 aliphatic carbocycles. The number of rotatable bonds is 23. The lowest BCUT2D eigenvalue weighted by Gasteiger charge is -2.34. The second-order valence-corrected chi connectivity index (χ2v) is 11.3. The number of carbonyl (C=O) groups excluding carboxylic acids is 1. The molecule has 0 aromatic heterocycles. The van der Waals surface area contributed by atoms with Crippen LogP contribution in [0.1, 0.15) is 33.1 Å². The first kappa shape index (κ1) is 41.2. The summed E-state index contributed by atoms with van der Waals surface area (Å²) in [6.45, 7) is 7.28. The van der Waals surface area contributed by atoms with Gasteiger partial charge in [-0.1, -0.05) is 23.1 Å². The molecule has 1 aromatic carbocycles. The lowest BCUT2D eigenvalue weighted by molar-refractivity contribution is -0.242. The normalized spacial score (nSPS) is 20.2. The molecule has 0 saturated carbocycles. The third-order valence-corrected chi connectivity index (χ3v) is 7.34. The number of nitrogens with one attached hydrogen (secondary N) is 1. The number of aliphatic hydroxyl groups excluding tert-OH is 3. The van der Waals surface area contributed by atoms with Crippen LogP contribution in [0.2, 0.25) is 0 Å². The van der Waals surface area contributed by atoms with E-state index < -0.39 is 64.9 Å². The van der Waals surface area contributed by atoms with Crippen molar-refractivity contribution in [1.82, 2.24) is 5.32 Å². The monoisotopic (exact) mass is 703 g/mol. The van der Waals surface area contributed by atoms with Crippen LogP contribution in [0.25, 0.3) is 0 Å². The van der Waals surface area contributed by atoms with Gasteiger partial charge in [0.1, 0.15) is 12.2 Å². The van der Waals surface area contributed by atoms with Gasteiger partial charge in [0.2, 0.25) is 11.6 Å². The number of hydrogen-bond donors (Lipinski definition) is 4. The Morgan fingerprint density at radius 3 is 2.02 bits per heavy atom. The van der Waals surface area contributed by atoms with Gasteiger partial charge in [-0.15, -0.1) is 0 Å². The fraction of sp³-hybridized carbons (Fsp3) is 0.700. The fourth-order valence-electron chi connectivity index (χ4n) is 4.13. The Morgan fingerprint density at radius 2 is 1.40 bits per heavy atom. The minimum atomic E-state index is -2.07. The molecule has 0 amide bonds. The molecule has 1 aromatic rings. The standard InChI is InChI=1S/C30H46F4NO11P/c1-18(2)19(3-6-44-17-21-28(39)20(36)15-23(38)45-21)16-35-5-8-41-10-12-43-14-13-42-11-9-40-7-4-22(37)46-29-26(33)24(31)25(32)27(34)30(29)47/h16,18,20-21,23,28,35-36,38-39H,3-15,17,47H2,1-2H3/b19-16-. The van der Waals surface area contributed by atoms with Crippen molar-refractivity contribution < 1.29 is 70.8 Å². The molecule has 2 rings (SSSR count). The van der Waals surface area contributed by atoms with E-state index in [1.54, 1.807) is 9.24 Å². The van der Waals surface area contributed by atoms with Crippen LogP contribution in [0, 0.1) is 29.2 Å². The molecule has 5 unspecified atom stereocenters. The fourth-order valence-corrected chi connectivity index (χ4v) is 4.44. The van der Waals surface area contributed by atoms with Crippen LogP contribution < -0.4 is 15.4 Å². The lowest BCUT2D eigenvalue weighted by atomic mass is 10.0. The van der Waals surface area contributed by atoms with Gasteiger partial charge in [-0.3, -0.25) is 4.79 Å². The lowest BCUT2D eigenvalue weighted by Crippen LogP contribution is -2.50. The molecule has 47 heavy (non-hydrogen) atoms. The SMILES string of the molecule is CC(C)/C(=C\NCCOCCOCCOCCOCCC(=O)Oc1c(F)c(F)c(F)c(F)c1P)CCOCC1OC(O)CC(O)C1O. The average Bonchev–Trinajstić information content (AvgIpc) is 3.03. The molecule has 12 nitrogen and oxygen atoms in total. The number of hydrogen-bond acceptors (Lipinski definition) is 12. The predicted octanol–water partition coefficient (Wildman–Crippen LogP) is 1.47. The van der Waals surface area contributed by atoms with Crippen LogP contribution in [0.4, 0.5) is 17.6 Å². The van der Waals surface area contributed by atoms with E-state index >= 15 is 0 Å². The molecule has 17 heteroatoms. The van der Waals surface area contributed by atoms with E-state index in [1.807, 2.05) is 6.20 Å². The summed E-state index contributed by atoms with van der Waals surface area (Å²) in [6, 6.07) is 0. The number of benzene rings is 1. The van der Waals surface area contributed by atoms with E-state index in [0.29, 0.717) is 52.6 Å². The highest BCUT2D eigenvalue weighted by Crippen LogP contribution is 2.25. The molecule has 1 aliphatic rings. The van der Waals surface area contributed by atoms with E-state index in [9.17, 15) is 37.7 Å². The Balaban J connectivity index is 1.42. The first-order chi connectivity index (χ1) is 22.4. The summed E-state index contributed by atoms with van der Waals surface area (Å²) in [5.41, 5.74) is 1.13. The zero-order chi connectivity index (χ0) is 34.8. The minimum absolute atomic E-state index is 0.0343. The van der Waals surface area contributed by atoms with Gasteiger partial charge in [0.25, 0.3) is 0 Å². The van der Waals surface area contributed by atoms with Gasteiger partial charge in [-0.25, -0.2) is 13.2 Å². The molecule has 1 heterocycles. The number of esters is 1. The van der Waals surface area contributed by atoms with E-state index in [0.717, 1.165) is 5.57 Å². The summed E-state index contributed by atoms with van der Waals surface area (Å²) < 4.78 is 90.8. The van der Waals surface area contributed by atoms with Crippen molar-refractivity contribution in [3.8, 4) is 5.75 Å². The van der Waals surface area contributed by atoms with Crippen molar-refractivity contribution in [3.05, 3.63) is 35.0 Å². The van der Waals surface area contributed by atoms with Crippen molar-refractivity contribution in [3.63, 3.8) is 0 Å². The molecule has 1 saturated heterocycles. The maximum Gasteiger partial charge on any atom is 0.313 e. The summed E-state index contributed by atoms with van der Waals surface area (Å²) >= 11 is 0. The maximum atomic E-state index is 13.8. The minimum Gasteiger partial charge on any atom is -0.422 e. The van der Waals surface area contributed by atoms with Crippen molar-refractivity contribution in [2.45, 2.75) is 57.7 Å². The van der Waals surface area contributed by atoms with Crippen LogP contribution in [-0.4, -0.2) is 119 Å². The molecule has 0 spiro atoms. The van der Waals surface area contributed by atoms with Gasteiger partial charge >= 0.3 is 5.97 Å².